The molecule has 1 unspecified atom stereocenters. The van der Waals surface area contributed by atoms with Crippen LogP contribution in [0.15, 0.2) is 23.2 Å². The average molecular weight is 431 g/mol. The van der Waals surface area contributed by atoms with E-state index in [4.69, 9.17) is 0 Å². The number of nitrogens with one attached hydrogen (secondary N) is 3. The maximum atomic E-state index is 13.4. The van der Waals surface area contributed by atoms with Crippen LogP contribution in [0.2, 0.25) is 0 Å². The normalized spacial score (nSPS) is 18.6. The van der Waals surface area contributed by atoms with E-state index >= 15 is 0 Å². The second-order valence-corrected chi connectivity index (χ2v) is 10.4. The van der Waals surface area contributed by atoms with Crippen molar-refractivity contribution >= 4 is 26.8 Å². The van der Waals surface area contributed by atoms with Crippen molar-refractivity contribution in [1.29, 1.82) is 0 Å². The molecule has 1 atom stereocenters. The SMILES string of the molecule is CCNC(=O)NC1CCc2c1cc1cnc(C3CC3)cc1c2S(=O)(=O)NCC(C)C. The van der Waals surface area contributed by atoms with Crippen molar-refractivity contribution in [2.24, 2.45) is 5.92 Å². The van der Waals surface area contributed by atoms with E-state index in [2.05, 4.69) is 20.3 Å². The minimum Gasteiger partial charge on any atom is -0.338 e. The maximum absolute atomic E-state index is 13.4. The van der Waals surface area contributed by atoms with Crippen molar-refractivity contribution in [3.63, 3.8) is 0 Å². The zero-order valence-corrected chi connectivity index (χ0v) is 18.6. The Bertz CT molecular complexity index is 1080. The van der Waals surface area contributed by atoms with Crippen LogP contribution in [0.25, 0.3) is 10.8 Å². The zero-order valence-electron chi connectivity index (χ0n) is 17.8. The van der Waals surface area contributed by atoms with E-state index in [9.17, 15) is 13.2 Å². The number of benzene rings is 1. The minimum absolute atomic E-state index is 0.207. The highest BCUT2D eigenvalue weighted by atomic mass is 32.2. The second-order valence-electron chi connectivity index (χ2n) is 8.72. The molecule has 30 heavy (non-hydrogen) atoms. The van der Waals surface area contributed by atoms with Gasteiger partial charge >= 0.3 is 6.03 Å². The van der Waals surface area contributed by atoms with Gasteiger partial charge < -0.3 is 10.6 Å². The molecule has 1 aromatic heterocycles. The van der Waals surface area contributed by atoms with E-state index < -0.39 is 10.0 Å². The molecular formula is C22H30N4O3S. The molecule has 2 amide bonds. The van der Waals surface area contributed by atoms with Crippen LogP contribution in [0.1, 0.15) is 68.8 Å². The van der Waals surface area contributed by atoms with Crippen molar-refractivity contribution in [3.8, 4) is 0 Å². The van der Waals surface area contributed by atoms with E-state index in [1.54, 1.807) is 6.20 Å². The van der Waals surface area contributed by atoms with Gasteiger partial charge in [-0.2, -0.15) is 0 Å². The lowest BCUT2D eigenvalue weighted by Crippen LogP contribution is -2.37. The average Bonchev–Trinajstić information content (AvgIpc) is 3.47. The van der Waals surface area contributed by atoms with Crippen LogP contribution >= 0.6 is 0 Å². The molecule has 0 radical (unpaired) electrons. The van der Waals surface area contributed by atoms with Crippen molar-refractivity contribution in [2.75, 3.05) is 13.1 Å². The number of hydrogen-bond donors (Lipinski definition) is 3. The van der Waals surface area contributed by atoms with Crippen LogP contribution in [-0.4, -0.2) is 32.5 Å². The number of sulfonamides is 1. The first-order chi connectivity index (χ1) is 14.3. The number of fused-ring (bicyclic) bond motifs is 2. The van der Waals surface area contributed by atoms with E-state index in [-0.39, 0.29) is 18.0 Å². The van der Waals surface area contributed by atoms with Gasteiger partial charge in [-0.25, -0.2) is 17.9 Å². The first kappa shape index (κ1) is 21.1. The molecule has 8 heteroatoms. The largest absolute Gasteiger partial charge is 0.338 e. The summed E-state index contributed by atoms with van der Waals surface area (Å²) in [4.78, 5) is 17.0. The van der Waals surface area contributed by atoms with Crippen LogP contribution in [0.4, 0.5) is 4.79 Å². The number of urea groups is 1. The van der Waals surface area contributed by atoms with E-state index in [0.29, 0.717) is 36.7 Å². The van der Waals surface area contributed by atoms with Crippen LogP contribution in [0.5, 0.6) is 0 Å². The van der Waals surface area contributed by atoms with Crippen LogP contribution in [-0.2, 0) is 16.4 Å². The Morgan fingerprint density at radius 3 is 2.67 bits per heavy atom. The van der Waals surface area contributed by atoms with Gasteiger partial charge in [0.05, 0.1) is 10.9 Å². The van der Waals surface area contributed by atoms with E-state index in [1.165, 1.54) is 0 Å². The van der Waals surface area contributed by atoms with E-state index in [0.717, 1.165) is 40.4 Å². The zero-order chi connectivity index (χ0) is 21.5. The number of amides is 2. The fraction of sp³-hybridized carbons (Fsp3) is 0.545. The molecule has 0 aliphatic heterocycles. The Labute approximate surface area is 178 Å². The number of aromatic nitrogens is 1. The van der Waals surface area contributed by atoms with Crippen LogP contribution < -0.4 is 15.4 Å². The van der Waals surface area contributed by atoms with Crippen molar-refractivity contribution in [3.05, 3.63) is 35.2 Å². The molecule has 1 aromatic carbocycles. The lowest BCUT2D eigenvalue weighted by atomic mass is 10.0. The highest BCUT2D eigenvalue weighted by Crippen LogP contribution is 2.43. The number of hydrogen-bond acceptors (Lipinski definition) is 4. The minimum atomic E-state index is -3.70. The van der Waals surface area contributed by atoms with Gasteiger partial charge in [0.15, 0.2) is 0 Å². The summed E-state index contributed by atoms with van der Waals surface area (Å²) in [6.45, 7) is 6.75. The van der Waals surface area contributed by atoms with E-state index in [1.807, 2.05) is 32.9 Å². The summed E-state index contributed by atoms with van der Waals surface area (Å²) in [5.41, 5.74) is 2.66. The Balaban J connectivity index is 1.84. The van der Waals surface area contributed by atoms with Gasteiger partial charge in [-0.05, 0) is 61.8 Å². The monoisotopic (exact) mass is 430 g/mol. The first-order valence-corrected chi connectivity index (χ1v) is 12.3. The Hall–Kier alpha value is -2.19. The van der Waals surface area contributed by atoms with Gasteiger partial charge in [-0.3, -0.25) is 4.98 Å². The van der Waals surface area contributed by atoms with Crippen LogP contribution in [0, 0.1) is 5.92 Å². The summed E-state index contributed by atoms with van der Waals surface area (Å²) in [6.07, 6.45) is 5.29. The molecule has 2 aliphatic rings. The fourth-order valence-corrected chi connectivity index (χ4v) is 5.84. The summed E-state index contributed by atoms with van der Waals surface area (Å²) in [6, 6.07) is 3.51. The summed E-state index contributed by atoms with van der Waals surface area (Å²) in [5.74, 6) is 0.646. The first-order valence-electron chi connectivity index (χ1n) is 10.8. The van der Waals surface area contributed by atoms with Crippen LogP contribution in [0.3, 0.4) is 0 Å². The van der Waals surface area contributed by atoms with Gasteiger partial charge in [-0.1, -0.05) is 13.8 Å². The second kappa shape index (κ2) is 8.15. The standard InChI is InChI=1S/C22H30N4O3S/c1-4-23-22(27)26-19-8-7-16-18(19)9-15-12-24-20(14-5-6-14)10-17(15)21(16)30(28,29)25-11-13(2)3/h9-10,12-14,19,25H,4-8,11H2,1-3H3,(H2,23,26,27). The molecule has 4 rings (SSSR count). The van der Waals surface area contributed by atoms with Gasteiger partial charge in [0.1, 0.15) is 0 Å². The third-order valence-corrected chi connectivity index (χ3v) is 7.33. The molecule has 0 saturated heterocycles. The summed E-state index contributed by atoms with van der Waals surface area (Å²) >= 11 is 0. The Morgan fingerprint density at radius 2 is 2.00 bits per heavy atom. The molecule has 1 fully saturated rings. The van der Waals surface area contributed by atoms with Gasteiger partial charge in [0.2, 0.25) is 10.0 Å². The van der Waals surface area contributed by atoms with Gasteiger partial charge in [0.25, 0.3) is 0 Å². The third kappa shape index (κ3) is 4.16. The number of carbonyl (C=O) groups excluding carboxylic acids is 1. The molecule has 7 nitrogen and oxygen atoms in total. The molecule has 0 spiro atoms. The number of carbonyl (C=O) groups is 1. The lowest BCUT2D eigenvalue weighted by molar-refractivity contribution is 0.237. The molecule has 3 N–H and O–H groups in total. The third-order valence-electron chi connectivity index (χ3n) is 5.78. The quantitative estimate of drug-likeness (QED) is 0.627. The predicted molar refractivity (Wildman–Crippen MR) is 117 cm³/mol. The highest BCUT2D eigenvalue weighted by molar-refractivity contribution is 7.89. The Kier molecular flexibility index (Phi) is 5.72. The van der Waals surface area contributed by atoms with Gasteiger partial charge in [-0.15, -0.1) is 0 Å². The molecule has 1 saturated carbocycles. The summed E-state index contributed by atoms with van der Waals surface area (Å²) in [5, 5.41) is 7.27. The number of pyridine rings is 1. The highest BCUT2D eigenvalue weighted by Gasteiger charge is 2.33. The molecule has 0 bridgehead atoms. The van der Waals surface area contributed by atoms with Gasteiger partial charge in [0, 0.05) is 41.7 Å². The fourth-order valence-electron chi connectivity index (χ4n) is 4.13. The molecule has 1 heterocycles. The number of rotatable bonds is 7. The smallest absolute Gasteiger partial charge is 0.315 e. The molecule has 162 valence electrons. The van der Waals surface area contributed by atoms with Crippen molar-refractivity contribution < 1.29 is 13.2 Å². The maximum Gasteiger partial charge on any atom is 0.315 e. The van der Waals surface area contributed by atoms with Crippen molar-refractivity contribution in [1.82, 2.24) is 20.3 Å². The number of nitrogens with zero attached hydrogens (tertiary/aromatic N) is 1. The molecule has 2 aromatic rings. The summed E-state index contributed by atoms with van der Waals surface area (Å²) < 4.78 is 29.6. The lowest BCUT2D eigenvalue weighted by Gasteiger charge is -2.18. The predicted octanol–water partition coefficient (Wildman–Crippen LogP) is 3.35. The summed E-state index contributed by atoms with van der Waals surface area (Å²) in [7, 11) is -3.70. The van der Waals surface area contributed by atoms with Crippen molar-refractivity contribution in [2.45, 2.75) is 63.3 Å². The molecular weight excluding hydrogens is 400 g/mol. The Morgan fingerprint density at radius 1 is 1.23 bits per heavy atom. The topological polar surface area (TPSA) is 100 Å². The molecule has 2 aliphatic carbocycles.